The molecule has 1 aliphatic rings. The summed E-state index contributed by atoms with van der Waals surface area (Å²) in [6.45, 7) is 6.71. The molecule has 0 N–H and O–H groups in total. The molecular formula is C26H31N3O5S. The quantitative estimate of drug-likeness (QED) is 0.357. The Morgan fingerprint density at radius 2 is 2.00 bits per heavy atom. The van der Waals surface area contributed by atoms with Crippen LogP contribution >= 0.6 is 11.3 Å². The Labute approximate surface area is 209 Å². The molecule has 3 aromatic heterocycles. The minimum atomic E-state index is -0.621. The molecule has 3 heterocycles. The number of pyridine rings is 1. The van der Waals surface area contributed by atoms with E-state index in [1.807, 2.05) is 43.0 Å². The van der Waals surface area contributed by atoms with Gasteiger partial charge in [-0.1, -0.05) is 0 Å². The maximum Gasteiger partial charge on any atom is 0.358 e. The number of rotatable bonds is 11. The lowest BCUT2D eigenvalue weighted by atomic mass is 9.99. The molecule has 8 nitrogen and oxygen atoms in total. The predicted molar refractivity (Wildman–Crippen MR) is 132 cm³/mol. The molecule has 0 aliphatic heterocycles. The van der Waals surface area contributed by atoms with Crippen molar-refractivity contribution in [3.05, 3.63) is 63.3 Å². The number of hydrogen-bond acceptors (Lipinski definition) is 8. The van der Waals surface area contributed by atoms with E-state index in [2.05, 4.69) is 9.97 Å². The Morgan fingerprint density at radius 3 is 2.60 bits per heavy atom. The number of carbonyl (C=O) groups excluding carboxylic acids is 2. The van der Waals surface area contributed by atoms with Crippen LogP contribution in [0.3, 0.4) is 0 Å². The Balaban J connectivity index is 1.54. The van der Waals surface area contributed by atoms with Gasteiger partial charge in [-0.15, -0.1) is 11.3 Å². The van der Waals surface area contributed by atoms with Crippen LogP contribution < -0.4 is 4.74 Å². The van der Waals surface area contributed by atoms with Crippen molar-refractivity contribution in [2.45, 2.75) is 58.4 Å². The monoisotopic (exact) mass is 497 g/mol. The molecule has 0 aromatic carbocycles. The highest BCUT2D eigenvalue weighted by Crippen LogP contribution is 2.49. The first-order valence-electron chi connectivity index (χ1n) is 11.8. The van der Waals surface area contributed by atoms with Crippen molar-refractivity contribution in [3.8, 4) is 5.75 Å². The molecule has 0 saturated heterocycles. The molecule has 0 bridgehead atoms. The van der Waals surface area contributed by atoms with Gasteiger partial charge in [0.1, 0.15) is 22.3 Å². The summed E-state index contributed by atoms with van der Waals surface area (Å²) in [5.41, 5.74) is 0.463. The van der Waals surface area contributed by atoms with Gasteiger partial charge in [-0.3, -0.25) is 9.78 Å². The van der Waals surface area contributed by atoms with E-state index in [1.54, 1.807) is 20.2 Å². The van der Waals surface area contributed by atoms with Crippen LogP contribution in [0.1, 0.15) is 63.8 Å². The lowest BCUT2D eigenvalue weighted by molar-refractivity contribution is -0.134. The summed E-state index contributed by atoms with van der Waals surface area (Å²) in [5, 5.41) is 0.714. The molecule has 1 aliphatic carbocycles. The van der Waals surface area contributed by atoms with E-state index < -0.39 is 11.4 Å². The third-order valence-corrected chi connectivity index (χ3v) is 7.15. The van der Waals surface area contributed by atoms with E-state index in [-0.39, 0.29) is 5.91 Å². The summed E-state index contributed by atoms with van der Waals surface area (Å²) >= 11 is 1.42. The Morgan fingerprint density at radius 1 is 1.20 bits per heavy atom. The fourth-order valence-electron chi connectivity index (χ4n) is 4.18. The van der Waals surface area contributed by atoms with Gasteiger partial charge in [0.05, 0.1) is 37.6 Å². The molecule has 9 heteroatoms. The normalized spacial score (nSPS) is 13.9. The second-order valence-corrected chi connectivity index (χ2v) is 10.0. The van der Waals surface area contributed by atoms with Gasteiger partial charge in [-0.05, 0) is 64.3 Å². The first kappa shape index (κ1) is 24.9. The maximum absolute atomic E-state index is 13.9. The molecule has 0 radical (unpaired) electrons. The number of amides is 1. The molecule has 1 amide bonds. The Bertz CT molecular complexity index is 1180. The van der Waals surface area contributed by atoms with Gasteiger partial charge in [0, 0.05) is 17.8 Å². The maximum atomic E-state index is 13.9. The summed E-state index contributed by atoms with van der Waals surface area (Å²) < 4.78 is 16.0. The van der Waals surface area contributed by atoms with Crippen molar-refractivity contribution in [1.29, 1.82) is 0 Å². The molecule has 4 rings (SSSR count). The number of nitrogens with zero attached hydrogens (tertiary/aromatic N) is 3. The third kappa shape index (κ3) is 5.56. The van der Waals surface area contributed by atoms with Crippen LogP contribution in [0.5, 0.6) is 5.75 Å². The van der Waals surface area contributed by atoms with Gasteiger partial charge in [0.2, 0.25) is 5.91 Å². The lowest BCUT2D eigenvalue weighted by Gasteiger charge is -2.26. The standard InChI is InChI=1S/C26H31N3O5S/c1-5-33-24(30)23-18(3)35-22(28-23)16-29(14-6-7-19-9-8-17(2)34-19)25(31)26(12-13-26)21-11-10-20(32-4)15-27-21/h8-11,15H,5-7,12-14,16H2,1-4H3. The fourth-order valence-corrected chi connectivity index (χ4v) is 5.11. The second kappa shape index (κ2) is 10.6. The van der Waals surface area contributed by atoms with Crippen LogP contribution in [0.2, 0.25) is 0 Å². The molecular weight excluding hydrogens is 466 g/mol. The van der Waals surface area contributed by atoms with Gasteiger partial charge in [0.25, 0.3) is 0 Å². The van der Waals surface area contributed by atoms with Crippen molar-refractivity contribution >= 4 is 23.2 Å². The average Bonchev–Trinajstić information content (AvgIpc) is 3.43. The third-order valence-electron chi connectivity index (χ3n) is 6.19. The number of ether oxygens (including phenoxy) is 2. The van der Waals surface area contributed by atoms with Crippen LogP contribution in [0.4, 0.5) is 0 Å². The SMILES string of the molecule is CCOC(=O)c1nc(CN(CCCc2ccc(C)o2)C(=O)C2(c3ccc(OC)cn3)CC2)sc1C. The number of methoxy groups -OCH3 is 1. The predicted octanol–water partition coefficient (Wildman–Crippen LogP) is 4.63. The van der Waals surface area contributed by atoms with Crippen molar-refractivity contribution in [3.63, 3.8) is 0 Å². The van der Waals surface area contributed by atoms with Crippen molar-refractivity contribution < 1.29 is 23.5 Å². The number of furan rings is 1. The van der Waals surface area contributed by atoms with Crippen LogP contribution in [0.15, 0.2) is 34.9 Å². The van der Waals surface area contributed by atoms with E-state index in [9.17, 15) is 9.59 Å². The highest BCUT2D eigenvalue weighted by Gasteiger charge is 2.54. The fraction of sp³-hybridized carbons (Fsp3) is 0.462. The van der Waals surface area contributed by atoms with E-state index >= 15 is 0 Å². The van der Waals surface area contributed by atoms with Crippen LogP contribution in [-0.2, 0) is 27.9 Å². The number of carbonyl (C=O) groups is 2. The largest absolute Gasteiger partial charge is 0.495 e. The molecule has 35 heavy (non-hydrogen) atoms. The van der Waals surface area contributed by atoms with Gasteiger partial charge in [0.15, 0.2) is 5.69 Å². The molecule has 0 spiro atoms. The molecule has 186 valence electrons. The molecule has 3 aromatic rings. The molecule has 0 unspecified atom stereocenters. The lowest BCUT2D eigenvalue weighted by Crippen LogP contribution is -2.40. The minimum Gasteiger partial charge on any atom is -0.495 e. The number of esters is 1. The smallest absolute Gasteiger partial charge is 0.358 e. The zero-order valence-corrected chi connectivity index (χ0v) is 21.4. The number of hydrogen-bond donors (Lipinski definition) is 0. The minimum absolute atomic E-state index is 0.0383. The van der Waals surface area contributed by atoms with Gasteiger partial charge < -0.3 is 18.8 Å². The second-order valence-electron chi connectivity index (χ2n) is 8.74. The Hall–Kier alpha value is -3.20. The highest BCUT2D eigenvalue weighted by atomic mass is 32.1. The van der Waals surface area contributed by atoms with Crippen molar-refractivity contribution in [2.75, 3.05) is 20.3 Å². The van der Waals surface area contributed by atoms with E-state index in [0.717, 1.165) is 47.8 Å². The van der Waals surface area contributed by atoms with Gasteiger partial charge in [-0.2, -0.15) is 0 Å². The zero-order valence-electron chi connectivity index (χ0n) is 20.6. The van der Waals surface area contributed by atoms with Crippen LogP contribution in [0, 0.1) is 13.8 Å². The van der Waals surface area contributed by atoms with Gasteiger partial charge >= 0.3 is 5.97 Å². The highest BCUT2D eigenvalue weighted by molar-refractivity contribution is 7.11. The molecule has 0 atom stereocenters. The van der Waals surface area contributed by atoms with Gasteiger partial charge in [-0.25, -0.2) is 9.78 Å². The first-order valence-corrected chi connectivity index (χ1v) is 12.7. The van der Waals surface area contributed by atoms with Crippen molar-refractivity contribution in [2.24, 2.45) is 0 Å². The van der Waals surface area contributed by atoms with Crippen LogP contribution in [0.25, 0.3) is 0 Å². The zero-order chi connectivity index (χ0) is 25.0. The Kier molecular flexibility index (Phi) is 7.54. The number of thiazole rings is 1. The van der Waals surface area contributed by atoms with Crippen LogP contribution in [-0.4, -0.2) is 47.0 Å². The summed E-state index contributed by atoms with van der Waals surface area (Å²) in [7, 11) is 1.59. The molecule has 1 saturated carbocycles. The van der Waals surface area contributed by atoms with E-state index in [4.69, 9.17) is 13.9 Å². The average molecular weight is 498 g/mol. The topological polar surface area (TPSA) is 94.8 Å². The first-order chi connectivity index (χ1) is 16.9. The number of aromatic nitrogens is 2. The molecule has 1 fully saturated rings. The number of aryl methyl sites for hydroxylation is 3. The summed E-state index contributed by atoms with van der Waals surface area (Å²) in [4.78, 5) is 37.8. The summed E-state index contributed by atoms with van der Waals surface area (Å²) in [6, 6.07) is 7.64. The van der Waals surface area contributed by atoms with E-state index in [0.29, 0.717) is 36.1 Å². The van der Waals surface area contributed by atoms with E-state index in [1.165, 1.54) is 11.3 Å². The van der Waals surface area contributed by atoms with Crippen molar-refractivity contribution in [1.82, 2.24) is 14.9 Å². The summed E-state index contributed by atoms with van der Waals surface area (Å²) in [6.07, 6.45) is 4.65. The summed E-state index contributed by atoms with van der Waals surface area (Å²) in [5.74, 6) is 2.05.